The van der Waals surface area contributed by atoms with Crippen LogP contribution in [-0.2, 0) is 6.54 Å². The smallest absolute Gasteiger partial charge is 0.0945 e. The highest BCUT2D eigenvalue weighted by molar-refractivity contribution is 5.07. The number of aryl methyl sites for hydroxylation is 1. The van der Waals surface area contributed by atoms with E-state index in [1.54, 1.807) is 0 Å². The lowest BCUT2D eigenvalue weighted by molar-refractivity contribution is 0.00921. The lowest BCUT2D eigenvalue weighted by Gasteiger charge is -2.52. The second-order valence-electron chi connectivity index (χ2n) is 7.47. The van der Waals surface area contributed by atoms with Crippen LogP contribution < -0.4 is 5.32 Å². The van der Waals surface area contributed by atoms with Crippen molar-refractivity contribution in [1.82, 2.24) is 19.8 Å². The summed E-state index contributed by atoms with van der Waals surface area (Å²) in [6.07, 6.45) is 11.1. The second-order valence-corrected chi connectivity index (χ2v) is 7.47. The molecule has 2 fully saturated rings. The van der Waals surface area contributed by atoms with Crippen LogP contribution in [0, 0.1) is 5.92 Å². The first kappa shape index (κ1) is 15.0. The molecule has 0 bridgehead atoms. The third-order valence-corrected chi connectivity index (χ3v) is 5.80. The van der Waals surface area contributed by atoms with Crippen LogP contribution in [0.5, 0.6) is 0 Å². The molecule has 1 aliphatic heterocycles. The van der Waals surface area contributed by atoms with Crippen LogP contribution in [0.1, 0.15) is 46.5 Å². The number of imidazole rings is 1. The zero-order chi connectivity index (χ0) is 14.9. The summed E-state index contributed by atoms with van der Waals surface area (Å²) >= 11 is 0. The van der Waals surface area contributed by atoms with Gasteiger partial charge in [-0.05, 0) is 45.4 Å². The molecule has 21 heavy (non-hydrogen) atoms. The number of hydrogen-bond acceptors (Lipinski definition) is 3. The van der Waals surface area contributed by atoms with Crippen molar-refractivity contribution in [2.45, 2.75) is 64.1 Å². The molecule has 1 saturated carbocycles. The molecule has 3 rings (SSSR count). The van der Waals surface area contributed by atoms with Crippen LogP contribution >= 0.6 is 0 Å². The fourth-order valence-corrected chi connectivity index (χ4v) is 3.70. The molecule has 2 atom stereocenters. The summed E-state index contributed by atoms with van der Waals surface area (Å²) < 4.78 is 2.19. The number of rotatable bonds is 6. The molecule has 0 amide bonds. The van der Waals surface area contributed by atoms with Crippen LogP contribution in [0.4, 0.5) is 0 Å². The summed E-state index contributed by atoms with van der Waals surface area (Å²) in [6.45, 7) is 11.8. The molecule has 1 aromatic heterocycles. The van der Waals surface area contributed by atoms with Crippen molar-refractivity contribution in [2.24, 2.45) is 5.92 Å². The molecule has 1 N–H and O–H groups in total. The van der Waals surface area contributed by atoms with Crippen molar-refractivity contribution in [3.63, 3.8) is 0 Å². The highest BCUT2D eigenvalue weighted by Gasteiger charge is 2.48. The van der Waals surface area contributed by atoms with Crippen molar-refractivity contribution in [1.29, 1.82) is 0 Å². The van der Waals surface area contributed by atoms with Crippen LogP contribution in [-0.4, -0.2) is 45.2 Å². The summed E-state index contributed by atoms with van der Waals surface area (Å²) in [4.78, 5) is 6.88. The summed E-state index contributed by atoms with van der Waals surface area (Å²) in [6, 6.07) is 0. The average molecular weight is 290 g/mol. The van der Waals surface area contributed by atoms with E-state index in [0.29, 0.717) is 11.1 Å². The molecular weight excluding hydrogens is 260 g/mol. The van der Waals surface area contributed by atoms with Gasteiger partial charge in [0.25, 0.3) is 0 Å². The lowest BCUT2D eigenvalue weighted by atomic mass is 9.84. The van der Waals surface area contributed by atoms with E-state index in [2.05, 4.69) is 46.7 Å². The van der Waals surface area contributed by atoms with Gasteiger partial charge in [0.15, 0.2) is 0 Å². The Bertz CT molecular complexity index is 453. The normalized spacial score (nSPS) is 34.2. The maximum Gasteiger partial charge on any atom is 0.0945 e. The third kappa shape index (κ3) is 3.16. The largest absolute Gasteiger partial charge is 0.337 e. The monoisotopic (exact) mass is 290 g/mol. The van der Waals surface area contributed by atoms with Gasteiger partial charge in [-0.15, -0.1) is 0 Å². The van der Waals surface area contributed by atoms with Gasteiger partial charge in [-0.25, -0.2) is 4.98 Å². The van der Waals surface area contributed by atoms with Crippen molar-refractivity contribution in [2.75, 3.05) is 19.6 Å². The number of aromatic nitrogens is 2. The quantitative estimate of drug-likeness (QED) is 0.874. The van der Waals surface area contributed by atoms with Gasteiger partial charge in [-0.2, -0.15) is 0 Å². The first-order valence-corrected chi connectivity index (χ1v) is 8.51. The van der Waals surface area contributed by atoms with Gasteiger partial charge in [0.05, 0.1) is 6.33 Å². The summed E-state index contributed by atoms with van der Waals surface area (Å²) in [5, 5.41) is 3.88. The standard InChI is InChI=1S/C17H30N4/c1-4-16(2)12-19-17(3,15-6-7-15)13-21(16)10-5-9-20-11-8-18-14-20/h8,11,14-15,19H,4-7,9-10,12-13H2,1-3H3. The molecule has 1 saturated heterocycles. The highest BCUT2D eigenvalue weighted by atomic mass is 15.3. The molecule has 2 aliphatic rings. The van der Waals surface area contributed by atoms with Crippen molar-refractivity contribution in [3.05, 3.63) is 18.7 Å². The van der Waals surface area contributed by atoms with Crippen LogP contribution in [0.25, 0.3) is 0 Å². The number of nitrogens with one attached hydrogen (secondary N) is 1. The topological polar surface area (TPSA) is 33.1 Å². The highest BCUT2D eigenvalue weighted by Crippen LogP contribution is 2.43. The second kappa shape index (κ2) is 5.73. The van der Waals surface area contributed by atoms with E-state index in [0.717, 1.165) is 19.0 Å². The molecule has 2 unspecified atom stereocenters. The van der Waals surface area contributed by atoms with Crippen molar-refractivity contribution >= 4 is 0 Å². The first-order chi connectivity index (χ1) is 10.1. The lowest BCUT2D eigenvalue weighted by Crippen LogP contribution is -2.68. The molecule has 118 valence electrons. The van der Waals surface area contributed by atoms with Crippen LogP contribution in [0.3, 0.4) is 0 Å². The molecule has 1 aromatic rings. The number of piperazine rings is 1. The number of hydrogen-bond donors (Lipinski definition) is 1. The van der Waals surface area contributed by atoms with Crippen molar-refractivity contribution in [3.8, 4) is 0 Å². The SMILES string of the molecule is CCC1(C)CNC(C)(C2CC2)CN1CCCn1ccnc1. The predicted octanol–water partition coefficient (Wildman–Crippen LogP) is 2.52. The van der Waals surface area contributed by atoms with Crippen LogP contribution in [0.15, 0.2) is 18.7 Å². The zero-order valence-electron chi connectivity index (χ0n) is 13.8. The van der Waals surface area contributed by atoms with E-state index in [4.69, 9.17) is 0 Å². The molecular formula is C17H30N4. The molecule has 4 heteroatoms. The van der Waals surface area contributed by atoms with Crippen molar-refractivity contribution < 1.29 is 0 Å². The van der Waals surface area contributed by atoms with Gasteiger partial charge in [0.1, 0.15) is 0 Å². The Labute approximate surface area is 128 Å². The predicted molar refractivity (Wildman–Crippen MR) is 86.2 cm³/mol. The van der Waals surface area contributed by atoms with E-state index in [1.807, 2.05) is 12.5 Å². The fraction of sp³-hybridized carbons (Fsp3) is 0.824. The molecule has 0 spiro atoms. The van der Waals surface area contributed by atoms with E-state index >= 15 is 0 Å². The van der Waals surface area contributed by atoms with E-state index in [1.165, 1.54) is 38.8 Å². The van der Waals surface area contributed by atoms with Gasteiger partial charge >= 0.3 is 0 Å². The minimum Gasteiger partial charge on any atom is -0.337 e. The maximum absolute atomic E-state index is 4.13. The molecule has 0 aromatic carbocycles. The number of nitrogens with zero attached hydrogens (tertiary/aromatic N) is 3. The van der Waals surface area contributed by atoms with E-state index in [-0.39, 0.29) is 0 Å². The summed E-state index contributed by atoms with van der Waals surface area (Å²) in [7, 11) is 0. The Morgan fingerprint density at radius 1 is 1.29 bits per heavy atom. The van der Waals surface area contributed by atoms with Gasteiger partial charge in [-0.1, -0.05) is 6.92 Å². The minimum absolute atomic E-state index is 0.309. The van der Waals surface area contributed by atoms with E-state index in [9.17, 15) is 0 Å². The molecule has 4 nitrogen and oxygen atoms in total. The molecule has 2 heterocycles. The summed E-state index contributed by atoms with van der Waals surface area (Å²) in [5.41, 5.74) is 0.646. The zero-order valence-corrected chi connectivity index (χ0v) is 13.8. The average Bonchev–Trinajstić information content (AvgIpc) is 3.22. The minimum atomic E-state index is 0.309. The van der Waals surface area contributed by atoms with Gasteiger partial charge in [-0.3, -0.25) is 4.90 Å². The maximum atomic E-state index is 4.13. The third-order valence-electron chi connectivity index (χ3n) is 5.80. The summed E-state index contributed by atoms with van der Waals surface area (Å²) in [5.74, 6) is 0.898. The van der Waals surface area contributed by atoms with E-state index < -0.39 is 0 Å². The fourth-order valence-electron chi connectivity index (χ4n) is 3.70. The Morgan fingerprint density at radius 2 is 2.10 bits per heavy atom. The Hall–Kier alpha value is -0.870. The molecule has 1 aliphatic carbocycles. The van der Waals surface area contributed by atoms with Gasteiger partial charge in [0, 0.05) is 49.7 Å². The van der Waals surface area contributed by atoms with Gasteiger partial charge in [0.2, 0.25) is 0 Å². The Balaban J connectivity index is 1.60. The molecule has 0 radical (unpaired) electrons. The first-order valence-electron chi connectivity index (χ1n) is 8.51. The van der Waals surface area contributed by atoms with Gasteiger partial charge < -0.3 is 9.88 Å². The van der Waals surface area contributed by atoms with Crippen LogP contribution in [0.2, 0.25) is 0 Å². The Morgan fingerprint density at radius 3 is 2.71 bits per heavy atom. The Kier molecular flexibility index (Phi) is 4.10.